The normalized spacial score (nSPS) is 28.1. The van der Waals surface area contributed by atoms with Crippen molar-refractivity contribution in [3.05, 3.63) is 0 Å². The molecule has 1 heterocycles. The Morgan fingerprint density at radius 2 is 2.14 bits per heavy atom. The van der Waals surface area contributed by atoms with Crippen LogP contribution in [0.5, 0.6) is 0 Å². The molecule has 2 nitrogen and oxygen atoms in total. The first-order valence-corrected chi connectivity index (χ1v) is 5.78. The van der Waals surface area contributed by atoms with E-state index < -0.39 is 0 Å². The van der Waals surface area contributed by atoms with Crippen LogP contribution in [0.3, 0.4) is 0 Å². The Balaban J connectivity index is 0. The lowest BCUT2D eigenvalue weighted by Crippen LogP contribution is -2.46. The molecule has 0 aromatic carbocycles. The lowest BCUT2D eigenvalue weighted by atomic mass is 9.95. The first-order chi connectivity index (χ1) is 6.74. The molecule has 0 spiro atoms. The minimum Gasteiger partial charge on any atom is -0.327 e. The third-order valence-electron chi connectivity index (χ3n) is 2.66. The van der Waals surface area contributed by atoms with Gasteiger partial charge in [0.2, 0.25) is 0 Å². The molecule has 1 aliphatic heterocycles. The van der Waals surface area contributed by atoms with E-state index in [4.69, 9.17) is 5.73 Å². The van der Waals surface area contributed by atoms with E-state index in [1.165, 1.54) is 0 Å². The molecule has 1 fully saturated rings. The van der Waals surface area contributed by atoms with Crippen LogP contribution in [0.1, 0.15) is 35.0 Å². The van der Waals surface area contributed by atoms with Gasteiger partial charge in [-0.2, -0.15) is 0 Å². The molecule has 2 atom stereocenters. The SMILES string of the molecule is CC.CC1CN(CCCF)CCC1N.[HH]. The number of likely N-dealkylation sites (tertiary alicyclic amines) is 1. The zero-order chi connectivity index (χ0) is 11.0. The number of hydrogen-bond donors (Lipinski definition) is 1. The Kier molecular flexibility index (Phi) is 8.09. The van der Waals surface area contributed by atoms with E-state index in [9.17, 15) is 4.39 Å². The predicted molar refractivity (Wildman–Crippen MR) is 62.3 cm³/mol. The van der Waals surface area contributed by atoms with Gasteiger partial charge in [0.15, 0.2) is 0 Å². The van der Waals surface area contributed by atoms with Crippen LogP contribution >= 0.6 is 0 Å². The van der Waals surface area contributed by atoms with Crippen LogP contribution < -0.4 is 5.73 Å². The Morgan fingerprint density at radius 1 is 1.50 bits per heavy atom. The summed E-state index contributed by atoms with van der Waals surface area (Å²) in [4.78, 5) is 2.31. The third kappa shape index (κ3) is 4.91. The lowest BCUT2D eigenvalue weighted by Gasteiger charge is -2.34. The van der Waals surface area contributed by atoms with E-state index in [2.05, 4.69) is 11.8 Å². The second-order valence-electron chi connectivity index (χ2n) is 3.77. The van der Waals surface area contributed by atoms with Gasteiger partial charge < -0.3 is 10.6 Å². The van der Waals surface area contributed by atoms with Gasteiger partial charge in [-0.25, -0.2) is 0 Å². The van der Waals surface area contributed by atoms with Crippen LogP contribution in [0, 0.1) is 5.92 Å². The summed E-state index contributed by atoms with van der Waals surface area (Å²) in [5.74, 6) is 0.568. The molecular weight excluding hydrogens is 179 g/mol. The summed E-state index contributed by atoms with van der Waals surface area (Å²) in [5, 5.41) is 0. The van der Waals surface area contributed by atoms with E-state index in [-0.39, 0.29) is 8.10 Å². The molecule has 0 saturated carbocycles. The summed E-state index contributed by atoms with van der Waals surface area (Å²) in [6, 6.07) is 0.353. The van der Waals surface area contributed by atoms with Crippen molar-refractivity contribution in [3.63, 3.8) is 0 Å². The minimum atomic E-state index is -0.197. The van der Waals surface area contributed by atoms with Crippen molar-refractivity contribution in [1.82, 2.24) is 4.90 Å². The van der Waals surface area contributed by atoms with Gasteiger partial charge in [-0.15, -0.1) is 0 Å². The van der Waals surface area contributed by atoms with Crippen LogP contribution in [0.4, 0.5) is 4.39 Å². The highest BCUT2D eigenvalue weighted by molar-refractivity contribution is 4.79. The molecule has 0 aliphatic carbocycles. The van der Waals surface area contributed by atoms with Crippen LogP contribution in [0.2, 0.25) is 0 Å². The maximum Gasteiger partial charge on any atom is 0.0906 e. The molecule has 3 heteroatoms. The minimum absolute atomic E-state index is 0. The molecule has 1 rings (SSSR count). The Hall–Kier alpha value is -0.150. The average Bonchev–Trinajstić information content (AvgIpc) is 2.23. The molecule has 0 aromatic rings. The summed E-state index contributed by atoms with van der Waals surface area (Å²) in [7, 11) is 0. The highest BCUT2D eigenvalue weighted by Gasteiger charge is 2.22. The molecule has 88 valence electrons. The van der Waals surface area contributed by atoms with Crippen molar-refractivity contribution in [2.75, 3.05) is 26.3 Å². The second kappa shape index (κ2) is 8.18. The van der Waals surface area contributed by atoms with Gasteiger partial charge in [0.25, 0.3) is 0 Å². The summed E-state index contributed by atoms with van der Waals surface area (Å²) in [5.41, 5.74) is 5.87. The van der Waals surface area contributed by atoms with Crippen molar-refractivity contribution in [2.24, 2.45) is 11.7 Å². The maximum absolute atomic E-state index is 11.9. The highest BCUT2D eigenvalue weighted by Crippen LogP contribution is 2.14. The highest BCUT2D eigenvalue weighted by atomic mass is 19.1. The van der Waals surface area contributed by atoms with E-state index in [0.717, 1.165) is 26.1 Å². The molecule has 2 unspecified atom stereocenters. The smallest absolute Gasteiger partial charge is 0.0906 e. The molecule has 0 bridgehead atoms. The Bertz CT molecular complexity index is 134. The molecule has 1 saturated heterocycles. The average molecular weight is 206 g/mol. The quantitative estimate of drug-likeness (QED) is 0.767. The number of rotatable bonds is 3. The van der Waals surface area contributed by atoms with Gasteiger partial charge in [0.1, 0.15) is 0 Å². The molecule has 0 aromatic heterocycles. The fraction of sp³-hybridized carbons (Fsp3) is 1.00. The van der Waals surface area contributed by atoms with Crippen molar-refractivity contribution >= 4 is 0 Å². The van der Waals surface area contributed by atoms with E-state index >= 15 is 0 Å². The van der Waals surface area contributed by atoms with Crippen LogP contribution in [0.15, 0.2) is 0 Å². The largest absolute Gasteiger partial charge is 0.327 e. The molecule has 0 amide bonds. The number of piperidine rings is 1. The van der Waals surface area contributed by atoms with Gasteiger partial charge in [-0.1, -0.05) is 20.8 Å². The molecule has 1 aliphatic rings. The number of halogens is 1. The first kappa shape index (κ1) is 13.8. The number of alkyl halides is 1. The number of hydrogen-bond acceptors (Lipinski definition) is 2. The summed E-state index contributed by atoms with van der Waals surface area (Å²) in [6.07, 6.45) is 1.73. The summed E-state index contributed by atoms with van der Waals surface area (Å²) >= 11 is 0. The fourth-order valence-electron chi connectivity index (χ4n) is 1.74. The summed E-state index contributed by atoms with van der Waals surface area (Å²) in [6.45, 7) is 8.96. The van der Waals surface area contributed by atoms with Crippen molar-refractivity contribution in [2.45, 2.75) is 39.7 Å². The zero-order valence-electron chi connectivity index (χ0n) is 9.80. The Labute approximate surface area is 89.1 Å². The third-order valence-corrected chi connectivity index (χ3v) is 2.66. The van der Waals surface area contributed by atoms with Crippen molar-refractivity contribution < 1.29 is 5.82 Å². The van der Waals surface area contributed by atoms with E-state index in [1.807, 2.05) is 13.8 Å². The van der Waals surface area contributed by atoms with Crippen molar-refractivity contribution in [1.29, 1.82) is 0 Å². The maximum atomic E-state index is 11.9. The van der Waals surface area contributed by atoms with E-state index in [1.54, 1.807) is 0 Å². The molecule has 2 N–H and O–H groups in total. The fourth-order valence-corrected chi connectivity index (χ4v) is 1.74. The molecule has 14 heavy (non-hydrogen) atoms. The number of nitrogens with zero attached hydrogens (tertiary/aromatic N) is 1. The van der Waals surface area contributed by atoms with Gasteiger partial charge in [0, 0.05) is 20.6 Å². The molecular formula is C11H27FN2. The van der Waals surface area contributed by atoms with Gasteiger partial charge in [-0.3, -0.25) is 4.39 Å². The Morgan fingerprint density at radius 3 is 2.64 bits per heavy atom. The van der Waals surface area contributed by atoms with Crippen LogP contribution in [-0.4, -0.2) is 37.3 Å². The topological polar surface area (TPSA) is 29.3 Å². The first-order valence-electron chi connectivity index (χ1n) is 5.78. The monoisotopic (exact) mass is 206 g/mol. The van der Waals surface area contributed by atoms with Gasteiger partial charge in [0.05, 0.1) is 6.67 Å². The zero-order valence-corrected chi connectivity index (χ0v) is 9.80. The van der Waals surface area contributed by atoms with Crippen LogP contribution in [-0.2, 0) is 0 Å². The second-order valence-corrected chi connectivity index (χ2v) is 3.77. The molecule has 0 radical (unpaired) electrons. The van der Waals surface area contributed by atoms with Gasteiger partial charge >= 0.3 is 0 Å². The standard InChI is InChI=1S/C9H19FN2.C2H6.H2/c1-8-7-12(5-2-4-10)6-3-9(8)11;1-2;/h8-9H,2-7,11H2,1H3;1-2H3;1H. The van der Waals surface area contributed by atoms with Crippen LogP contribution in [0.25, 0.3) is 0 Å². The predicted octanol–water partition coefficient (Wildman–Crippen LogP) is 2.29. The van der Waals surface area contributed by atoms with Crippen molar-refractivity contribution in [3.8, 4) is 0 Å². The van der Waals surface area contributed by atoms with Gasteiger partial charge in [-0.05, 0) is 25.3 Å². The van der Waals surface area contributed by atoms with E-state index in [0.29, 0.717) is 18.4 Å². The summed E-state index contributed by atoms with van der Waals surface area (Å²) < 4.78 is 11.9. The number of nitrogens with two attached hydrogens (primary N) is 1. The lowest BCUT2D eigenvalue weighted by molar-refractivity contribution is 0.159.